The number of hydrogen-bond acceptors (Lipinski definition) is 5. The molecule has 1 aliphatic rings. The minimum absolute atomic E-state index is 0.0859. The highest BCUT2D eigenvalue weighted by atomic mass is 16.5. The molecule has 0 spiro atoms. The molecule has 3 aromatic rings. The Bertz CT molecular complexity index is 1010. The molecule has 27 heavy (non-hydrogen) atoms. The molecule has 3 heterocycles. The van der Waals surface area contributed by atoms with Gasteiger partial charge < -0.3 is 9.42 Å². The number of amides is 1. The molecule has 1 aliphatic heterocycles. The summed E-state index contributed by atoms with van der Waals surface area (Å²) in [6, 6.07) is 9.67. The Morgan fingerprint density at radius 3 is 2.85 bits per heavy atom. The number of benzene rings is 1. The molecule has 1 saturated heterocycles. The van der Waals surface area contributed by atoms with Crippen molar-refractivity contribution >= 4 is 17.0 Å². The molecule has 1 aromatic carbocycles. The third kappa shape index (κ3) is 3.37. The van der Waals surface area contributed by atoms with E-state index in [9.17, 15) is 9.59 Å². The summed E-state index contributed by atoms with van der Waals surface area (Å²) in [7, 11) is 0. The van der Waals surface area contributed by atoms with Crippen LogP contribution in [0.15, 0.2) is 46.0 Å². The predicted molar refractivity (Wildman–Crippen MR) is 101 cm³/mol. The average Bonchev–Trinajstić information content (AvgIpc) is 3.13. The molecule has 1 unspecified atom stereocenters. The van der Waals surface area contributed by atoms with Crippen molar-refractivity contribution in [1.82, 2.24) is 19.6 Å². The van der Waals surface area contributed by atoms with E-state index >= 15 is 0 Å². The Balaban J connectivity index is 1.59. The number of aryl methyl sites for hydroxylation is 1. The van der Waals surface area contributed by atoms with E-state index in [4.69, 9.17) is 4.52 Å². The quantitative estimate of drug-likeness (QED) is 0.709. The van der Waals surface area contributed by atoms with Crippen LogP contribution in [0.25, 0.3) is 22.4 Å². The first-order valence-corrected chi connectivity index (χ1v) is 9.35. The van der Waals surface area contributed by atoms with Gasteiger partial charge in [-0.1, -0.05) is 35.5 Å². The van der Waals surface area contributed by atoms with Crippen LogP contribution < -0.4 is 5.56 Å². The number of hydrogen-bond donors (Lipinski definition) is 0. The van der Waals surface area contributed by atoms with Gasteiger partial charge in [0.2, 0.25) is 5.91 Å². The van der Waals surface area contributed by atoms with Crippen molar-refractivity contribution in [1.29, 1.82) is 0 Å². The van der Waals surface area contributed by atoms with Gasteiger partial charge in [0, 0.05) is 31.1 Å². The van der Waals surface area contributed by atoms with Gasteiger partial charge in [0.25, 0.3) is 11.3 Å². The smallest absolute Gasteiger partial charge is 0.266 e. The fourth-order valence-corrected chi connectivity index (χ4v) is 3.66. The van der Waals surface area contributed by atoms with Crippen LogP contribution >= 0.6 is 0 Å². The Hall–Kier alpha value is -2.96. The number of rotatable bonds is 4. The van der Waals surface area contributed by atoms with Crippen molar-refractivity contribution in [2.75, 3.05) is 6.54 Å². The van der Waals surface area contributed by atoms with Crippen molar-refractivity contribution < 1.29 is 9.32 Å². The van der Waals surface area contributed by atoms with Crippen molar-refractivity contribution in [3.8, 4) is 11.3 Å². The van der Waals surface area contributed by atoms with Crippen LogP contribution in [-0.2, 0) is 11.3 Å². The summed E-state index contributed by atoms with van der Waals surface area (Å²) in [5, 5.41) is 4.37. The van der Waals surface area contributed by atoms with E-state index in [1.165, 1.54) is 17.3 Å². The minimum atomic E-state index is -0.236. The molecule has 0 bridgehead atoms. The van der Waals surface area contributed by atoms with Gasteiger partial charge in [-0.05, 0) is 26.2 Å². The lowest BCUT2D eigenvalue weighted by atomic mass is 10.0. The van der Waals surface area contributed by atoms with Gasteiger partial charge in [-0.25, -0.2) is 4.98 Å². The Labute approximate surface area is 156 Å². The maximum absolute atomic E-state index is 12.9. The molecular formula is C20H22N4O3. The largest absolute Gasteiger partial charge is 0.340 e. The van der Waals surface area contributed by atoms with E-state index in [-0.39, 0.29) is 29.6 Å². The highest BCUT2D eigenvalue weighted by Crippen LogP contribution is 2.24. The second-order valence-corrected chi connectivity index (χ2v) is 7.00. The summed E-state index contributed by atoms with van der Waals surface area (Å²) in [6.07, 6.45) is 4.96. The molecule has 1 fully saturated rings. The first-order valence-electron chi connectivity index (χ1n) is 9.35. The summed E-state index contributed by atoms with van der Waals surface area (Å²) < 4.78 is 6.70. The fourth-order valence-electron chi connectivity index (χ4n) is 3.66. The summed E-state index contributed by atoms with van der Waals surface area (Å²) in [4.78, 5) is 31.6. The summed E-state index contributed by atoms with van der Waals surface area (Å²) in [5.41, 5.74) is 1.25. The lowest BCUT2D eigenvalue weighted by Gasteiger charge is -2.33. The molecule has 7 nitrogen and oxygen atoms in total. The van der Waals surface area contributed by atoms with Gasteiger partial charge in [-0.15, -0.1) is 0 Å². The molecule has 0 saturated carbocycles. The van der Waals surface area contributed by atoms with Crippen LogP contribution in [0.1, 0.15) is 32.6 Å². The third-order valence-corrected chi connectivity index (χ3v) is 5.20. The molecule has 140 valence electrons. The van der Waals surface area contributed by atoms with Crippen LogP contribution in [0.4, 0.5) is 0 Å². The normalized spacial score (nSPS) is 17.4. The first kappa shape index (κ1) is 17.5. The number of carbonyl (C=O) groups excluding carboxylic acids is 1. The number of nitrogens with zero attached hydrogens (tertiary/aromatic N) is 4. The summed E-state index contributed by atoms with van der Waals surface area (Å²) in [5.74, 6) is 0.0859. The Morgan fingerprint density at radius 1 is 1.26 bits per heavy atom. The number of piperidine rings is 1. The van der Waals surface area contributed by atoms with Crippen molar-refractivity contribution in [2.24, 2.45) is 0 Å². The zero-order chi connectivity index (χ0) is 18.8. The lowest BCUT2D eigenvalue weighted by Crippen LogP contribution is -2.42. The van der Waals surface area contributed by atoms with Gasteiger partial charge >= 0.3 is 0 Å². The maximum atomic E-state index is 12.9. The fraction of sp³-hybridized carbons (Fsp3) is 0.400. The van der Waals surface area contributed by atoms with Crippen molar-refractivity contribution in [3.63, 3.8) is 0 Å². The van der Waals surface area contributed by atoms with E-state index in [1.54, 1.807) is 0 Å². The molecule has 4 rings (SSSR count). The van der Waals surface area contributed by atoms with Gasteiger partial charge in [0.15, 0.2) is 0 Å². The second-order valence-electron chi connectivity index (χ2n) is 7.00. The highest BCUT2D eigenvalue weighted by Gasteiger charge is 2.23. The zero-order valence-electron chi connectivity index (χ0n) is 15.3. The molecule has 0 N–H and O–H groups in total. The van der Waals surface area contributed by atoms with Crippen LogP contribution in [0, 0.1) is 0 Å². The summed E-state index contributed by atoms with van der Waals surface area (Å²) >= 11 is 0. The molecule has 0 radical (unpaired) electrons. The third-order valence-electron chi connectivity index (χ3n) is 5.20. The maximum Gasteiger partial charge on any atom is 0.266 e. The van der Waals surface area contributed by atoms with Crippen LogP contribution in [-0.4, -0.2) is 38.1 Å². The Kier molecular flexibility index (Phi) is 4.75. The summed E-state index contributed by atoms with van der Waals surface area (Å²) in [6.45, 7) is 3.18. The number of carbonyl (C=O) groups is 1. The van der Waals surface area contributed by atoms with E-state index < -0.39 is 0 Å². The minimum Gasteiger partial charge on any atom is -0.340 e. The van der Waals surface area contributed by atoms with E-state index in [1.807, 2.05) is 35.2 Å². The number of likely N-dealkylation sites (tertiary alicyclic amines) is 1. The van der Waals surface area contributed by atoms with Crippen molar-refractivity contribution in [3.05, 3.63) is 47.0 Å². The van der Waals surface area contributed by atoms with Crippen LogP contribution in [0.3, 0.4) is 0 Å². The molecule has 1 atom stereocenters. The monoisotopic (exact) mass is 366 g/mol. The molecule has 2 aromatic heterocycles. The molecule has 0 aliphatic carbocycles. The van der Waals surface area contributed by atoms with E-state index in [0.717, 1.165) is 24.9 Å². The van der Waals surface area contributed by atoms with Crippen LogP contribution in [0.2, 0.25) is 0 Å². The standard InChI is InChI=1S/C20H22N4O3/c1-14-7-5-6-11-24(14)16(25)10-12-23-13-21-19-17(20(23)26)18(22-27-19)15-8-3-2-4-9-15/h2-4,8-9,13-14H,5-7,10-12H2,1H3. The van der Waals surface area contributed by atoms with Crippen molar-refractivity contribution in [2.45, 2.75) is 45.2 Å². The van der Waals surface area contributed by atoms with Gasteiger partial charge in [0.1, 0.15) is 17.4 Å². The highest BCUT2D eigenvalue weighted by molar-refractivity contribution is 5.88. The van der Waals surface area contributed by atoms with E-state index in [2.05, 4.69) is 17.1 Å². The topological polar surface area (TPSA) is 81.2 Å². The second kappa shape index (κ2) is 7.34. The zero-order valence-corrected chi connectivity index (χ0v) is 15.3. The number of fused-ring (bicyclic) bond motifs is 1. The molecular weight excluding hydrogens is 344 g/mol. The lowest BCUT2D eigenvalue weighted by molar-refractivity contribution is -0.134. The van der Waals surface area contributed by atoms with Gasteiger partial charge in [-0.3, -0.25) is 14.2 Å². The SMILES string of the molecule is CC1CCCCN1C(=O)CCn1cnc2onc(-c3ccccc3)c2c1=O. The van der Waals surface area contributed by atoms with E-state index in [0.29, 0.717) is 17.6 Å². The molecule has 7 heteroatoms. The number of aromatic nitrogens is 3. The molecule has 1 amide bonds. The predicted octanol–water partition coefficient (Wildman–Crippen LogP) is 2.84. The van der Waals surface area contributed by atoms with Gasteiger partial charge in [0.05, 0.1) is 0 Å². The van der Waals surface area contributed by atoms with Gasteiger partial charge in [-0.2, -0.15) is 0 Å². The van der Waals surface area contributed by atoms with Crippen LogP contribution in [0.5, 0.6) is 0 Å². The first-order chi connectivity index (χ1) is 13.1. The Morgan fingerprint density at radius 2 is 2.07 bits per heavy atom. The average molecular weight is 366 g/mol.